The smallest absolute Gasteiger partial charge is 0.243 e. The molecule has 4 rings (SSSR count). The second kappa shape index (κ2) is 10.4. The largest absolute Gasteiger partial charge is 0.486 e. The van der Waals surface area contributed by atoms with E-state index in [4.69, 9.17) is 15.9 Å². The second-order valence-corrected chi connectivity index (χ2v) is 10.4. The minimum atomic E-state index is -3.73. The Hall–Kier alpha value is -3.55. The summed E-state index contributed by atoms with van der Waals surface area (Å²) >= 11 is 0. The molecule has 0 bridgehead atoms. The molecule has 1 N–H and O–H groups in total. The molecular weight excluding hydrogens is 470 g/mol. The van der Waals surface area contributed by atoms with Crippen molar-refractivity contribution in [2.75, 3.05) is 45.2 Å². The van der Waals surface area contributed by atoms with E-state index in [0.29, 0.717) is 48.8 Å². The van der Waals surface area contributed by atoms with Crippen molar-refractivity contribution >= 4 is 27.5 Å². The molecule has 2 amide bonds. The van der Waals surface area contributed by atoms with Gasteiger partial charge in [-0.05, 0) is 43.2 Å². The molecular formula is C25H27N3O6S. The van der Waals surface area contributed by atoms with E-state index >= 15 is 0 Å². The van der Waals surface area contributed by atoms with Crippen LogP contribution >= 0.6 is 0 Å². The van der Waals surface area contributed by atoms with Crippen LogP contribution in [-0.2, 0) is 19.6 Å². The van der Waals surface area contributed by atoms with E-state index < -0.39 is 10.0 Å². The molecule has 9 nitrogen and oxygen atoms in total. The third kappa shape index (κ3) is 5.58. The lowest BCUT2D eigenvalue weighted by atomic mass is 9.96. The number of benzene rings is 2. The number of anilines is 1. The minimum Gasteiger partial charge on any atom is -0.486 e. The topological polar surface area (TPSA) is 105 Å². The van der Waals surface area contributed by atoms with Crippen LogP contribution in [0.25, 0.3) is 0 Å². The minimum absolute atomic E-state index is 0.116. The van der Waals surface area contributed by atoms with Crippen LogP contribution < -0.4 is 14.8 Å². The molecule has 2 aliphatic rings. The first-order valence-corrected chi connectivity index (χ1v) is 12.7. The molecule has 10 heteroatoms. The van der Waals surface area contributed by atoms with Crippen LogP contribution in [0.1, 0.15) is 18.4 Å². The first kappa shape index (κ1) is 24.6. The zero-order chi connectivity index (χ0) is 25.0. The maximum atomic E-state index is 13.1. The van der Waals surface area contributed by atoms with E-state index in [9.17, 15) is 18.0 Å². The maximum absolute atomic E-state index is 13.1. The van der Waals surface area contributed by atoms with Gasteiger partial charge in [0.25, 0.3) is 0 Å². The summed E-state index contributed by atoms with van der Waals surface area (Å²) < 4.78 is 38.6. The van der Waals surface area contributed by atoms with Gasteiger partial charge in [-0.2, -0.15) is 4.31 Å². The van der Waals surface area contributed by atoms with Crippen LogP contribution in [0, 0.1) is 18.3 Å². The third-order valence-corrected chi connectivity index (χ3v) is 7.92. The number of carbonyl (C=O) groups excluding carboxylic acids is 2. The number of amides is 2. The van der Waals surface area contributed by atoms with Crippen molar-refractivity contribution in [2.45, 2.75) is 17.7 Å². The highest BCUT2D eigenvalue weighted by molar-refractivity contribution is 7.89. The van der Waals surface area contributed by atoms with Crippen molar-refractivity contribution in [3.05, 3.63) is 48.0 Å². The van der Waals surface area contributed by atoms with Crippen molar-refractivity contribution < 1.29 is 27.5 Å². The lowest BCUT2D eigenvalue weighted by Gasteiger charge is -2.32. The highest BCUT2D eigenvalue weighted by Gasteiger charge is 2.34. The van der Waals surface area contributed by atoms with Crippen molar-refractivity contribution in [1.29, 1.82) is 0 Å². The average Bonchev–Trinajstić information content (AvgIpc) is 2.88. The fourth-order valence-electron chi connectivity index (χ4n) is 4.17. The molecule has 0 spiro atoms. The molecule has 2 aromatic carbocycles. The van der Waals surface area contributed by atoms with Crippen molar-refractivity contribution in [2.24, 2.45) is 5.92 Å². The number of ether oxygens (including phenoxy) is 2. The summed E-state index contributed by atoms with van der Waals surface area (Å²) in [5.74, 6) is 2.56. The van der Waals surface area contributed by atoms with Gasteiger partial charge in [-0.25, -0.2) is 8.42 Å². The van der Waals surface area contributed by atoms with Crippen LogP contribution in [0.5, 0.6) is 11.5 Å². The molecule has 0 aromatic heterocycles. The van der Waals surface area contributed by atoms with Gasteiger partial charge in [0.1, 0.15) is 13.2 Å². The van der Waals surface area contributed by atoms with Gasteiger partial charge in [0.05, 0.1) is 11.4 Å². The van der Waals surface area contributed by atoms with Crippen LogP contribution in [-0.4, -0.2) is 69.3 Å². The Morgan fingerprint density at radius 2 is 1.83 bits per heavy atom. The molecule has 35 heavy (non-hydrogen) atoms. The molecule has 0 aliphatic carbocycles. The Kier molecular flexibility index (Phi) is 7.28. The van der Waals surface area contributed by atoms with Crippen LogP contribution in [0.15, 0.2) is 47.4 Å². The fraction of sp³-hybridized carbons (Fsp3) is 0.360. The summed E-state index contributed by atoms with van der Waals surface area (Å²) in [5.41, 5.74) is 1.20. The SMILES string of the molecule is C#Cc1cccc(NC(=O)CN(C)C(=O)C2CCN(S(=O)(=O)c3ccc4c(c3)OCCO4)CC2)c1. The molecule has 184 valence electrons. The first-order valence-electron chi connectivity index (χ1n) is 11.3. The van der Waals surface area contributed by atoms with Gasteiger partial charge in [0.2, 0.25) is 21.8 Å². The van der Waals surface area contributed by atoms with E-state index in [1.165, 1.54) is 21.3 Å². The Labute approximate surface area is 205 Å². The van der Waals surface area contributed by atoms with E-state index in [1.807, 2.05) is 0 Å². The number of rotatable bonds is 6. The number of hydrogen-bond donors (Lipinski definition) is 1. The van der Waals surface area contributed by atoms with Crippen molar-refractivity contribution in [3.8, 4) is 23.8 Å². The maximum Gasteiger partial charge on any atom is 0.243 e. The number of nitrogens with one attached hydrogen (secondary N) is 1. The molecule has 2 aliphatic heterocycles. The molecule has 1 fully saturated rings. The lowest BCUT2D eigenvalue weighted by Crippen LogP contribution is -2.45. The first-order chi connectivity index (χ1) is 16.8. The Bertz CT molecular complexity index is 1260. The predicted octanol–water partition coefficient (Wildman–Crippen LogP) is 1.94. The summed E-state index contributed by atoms with van der Waals surface area (Å²) in [4.78, 5) is 26.8. The van der Waals surface area contributed by atoms with E-state index in [0.717, 1.165) is 0 Å². The van der Waals surface area contributed by atoms with Gasteiger partial charge in [-0.3, -0.25) is 9.59 Å². The number of hydrogen-bond acceptors (Lipinski definition) is 6. The number of carbonyl (C=O) groups is 2. The number of nitrogens with zero attached hydrogens (tertiary/aromatic N) is 2. The number of fused-ring (bicyclic) bond motifs is 1. The number of likely N-dealkylation sites (N-methyl/N-ethyl adjacent to an activating group) is 1. The fourth-order valence-corrected chi connectivity index (χ4v) is 5.65. The molecule has 2 heterocycles. The van der Waals surface area contributed by atoms with Crippen molar-refractivity contribution in [3.63, 3.8) is 0 Å². The molecule has 2 aromatic rings. The van der Waals surface area contributed by atoms with E-state index in [1.54, 1.807) is 37.4 Å². The Morgan fingerprint density at radius 3 is 2.54 bits per heavy atom. The highest BCUT2D eigenvalue weighted by atomic mass is 32.2. The number of sulfonamides is 1. The van der Waals surface area contributed by atoms with E-state index in [2.05, 4.69) is 11.2 Å². The molecule has 0 saturated carbocycles. The second-order valence-electron chi connectivity index (χ2n) is 8.45. The quantitative estimate of drug-likeness (QED) is 0.612. The van der Waals surface area contributed by atoms with Crippen molar-refractivity contribution in [1.82, 2.24) is 9.21 Å². The molecule has 0 atom stereocenters. The highest BCUT2D eigenvalue weighted by Crippen LogP contribution is 2.34. The van der Waals surface area contributed by atoms with Crippen LogP contribution in [0.4, 0.5) is 5.69 Å². The summed E-state index contributed by atoms with van der Waals surface area (Å²) in [5, 5.41) is 2.74. The third-order valence-electron chi connectivity index (χ3n) is 6.02. The summed E-state index contributed by atoms with van der Waals surface area (Å²) in [6.07, 6.45) is 6.13. The average molecular weight is 498 g/mol. The Morgan fingerprint density at radius 1 is 1.11 bits per heavy atom. The standard InChI is InChI=1S/C25H27N3O6S/c1-3-18-5-4-6-20(15-18)26-24(29)17-27(2)25(30)19-9-11-28(12-10-19)35(31,32)21-7-8-22-23(16-21)34-14-13-33-22/h1,4-8,15-16,19H,9-14,17H2,2H3,(H,26,29). The normalized spacial score (nSPS) is 16.2. The number of terminal acetylenes is 1. The summed E-state index contributed by atoms with van der Waals surface area (Å²) in [7, 11) is -2.16. The summed E-state index contributed by atoms with van der Waals surface area (Å²) in [6, 6.07) is 11.5. The molecule has 1 saturated heterocycles. The number of piperidine rings is 1. The zero-order valence-electron chi connectivity index (χ0n) is 19.4. The van der Waals surface area contributed by atoms with Gasteiger partial charge in [-0.1, -0.05) is 12.0 Å². The summed E-state index contributed by atoms with van der Waals surface area (Å²) in [6.45, 7) is 1.11. The predicted molar refractivity (Wildman–Crippen MR) is 130 cm³/mol. The molecule has 0 unspecified atom stereocenters. The van der Waals surface area contributed by atoms with Crippen LogP contribution in [0.2, 0.25) is 0 Å². The molecule has 0 radical (unpaired) electrons. The van der Waals surface area contributed by atoms with Gasteiger partial charge in [0, 0.05) is 43.4 Å². The van der Waals surface area contributed by atoms with Crippen LogP contribution in [0.3, 0.4) is 0 Å². The van der Waals surface area contributed by atoms with Gasteiger partial charge < -0.3 is 19.7 Å². The lowest BCUT2D eigenvalue weighted by molar-refractivity contribution is -0.138. The Balaban J connectivity index is 1.31. The zero-order valence-corrected chi connectivity index (χ0v) is 20.2. The van der Waals surface area contributed by atoms with Gasteiger partial charge >= 0.3 is 0 Å². The monoisotopic (exact) mass is 497 g/mol. The van der Waals surface area contributed by atoms with E-state index in [-0.39, 0.29) is 42.3 Å². The van der Waals surface area contributed by atoms with Gasteiger partial charge in [0.15, 0.2) is 11.5 Å². The van der Waals surface area contributed by atoms with Gasteiger partial charge in [-0.15, -0.1) is 6.42 Å².